The predicted molar refractivity (Wildman–Crippen MR) is 80.1 cm³/mol. The molecule has 90 valence electrons. The third kappa shape index (κ3) is 3.73. The van der Waals surface area contributed by atoms with Crippen LogP contribution in [0.25, 0.3) is 6.08 Å². The smallest absolute Gasteiger partial charge is 0.0830 e. The number of benzene rings is 2. The monoisotopic (exact) mass is 275 g/mol. The molecule has 0 aliphatic carbocycles. The summed E-state index contributed by atoms with van der Waals surface area (Å²) in [5.74, 6) is 0. The summed E-state index contributed by atoms with van der Waals surface area (Å²) < 4.78 is 0. The fourth-order valence-corrected chi connectivity index (χ4v) is 1.76. The van der Waals surface area contributed by atoms with Crippen LogP contribution in [0.5, 0.6) is 0 Å². The van der Waals surface area contributed by atoms with Gasteiger partial charge in [0.05, 0.1) is 10.7 Å². The summed E-state index contributed by atoms with van der Waals surface area (Å²) in [6.45, 7) is 0. The maximum atomic E-state index is 6.00. The molecule has 0 amide bonds. The molecule has 0 atom stereocenters. The largest absolute Gasteiger partial charge is 0.255 e. The molecule has 0 aromatic heterocycles. The Morgan fingerprint density at radius 2 is 1.72 bits per heavy atom. The van der Waals surface area contributed by atoms with E-state index in [4.69, 9.17) is 23.2 Å². The minimum absolute atomic E-state index is 0.587. The Hall–Kier alpha value is -1.57. The van der Waals surface area contributed by atoms with E-state index in [2.05, 4.69) is 4.99 Å². The second kappa shape index (κ2) is 6.39. The quantitative estimate of drug-likeness (QED) is 0.665. The number of allylic oxidation sites excluding steroid dienone is 1. The standard InChI is InChI=1S/C15H11Cl2N/c16-13-8-9-14(17)15(11-13)18-10-4-7-12-5-2-1-3-6-12/h1-11H/b7-4-,18-10?. The van der Waals surface area contributed by atoms with E-state index in [9.17, 15) is 0 Å². The van der Waals surface area contributed by atoms with Gasteiger partial charge in [0.15, 0.2) is 0 Å². The molecule has 0 saturated carbocycles. The highest BCUT2D eigenvalue weighted by Crippen LogP contribution is 2.27. The van der Waals surface area contributed by atoms with E-state index in [1.165, 1.54) is 0 Å². The molecule has 0 heterocycles. The van der Waals surface area contributed by atoms with E-state index in [1.54, 1.807) is 24.4 Å². The van der Waals surface area contributed by atoms with Gasteiger partial charge in [0.25, 0.3) is 0 Å². The molecule has 0 spiro atoms. The van der Waals surface area contributed by atoms with Crippen LogP contribution < -0.4 is 0 Å². The zero-order chi connectivity index (χ0) is 12.8. The fraction of sp³-hybridized carbons (Fsp3) is 0. The fourth-order valence-electron chi connectivity index (χ4n) is 1.43. The van der Waals surface area contributed by atoms with Crippen LogP contribution in [0.2, 0.25) is 10.0 Å². The first kappa shape index (κ1) is 12.9. The molecule has 0 aliphatic heterocycles. The van der Waals surface area contributed by atoms with Crippen LogP contribution in [0.15, 0.2) is 59.6 Å². The average Bonchev–Trinajstić information content (AvgIpc) is 2.40. The summed E-state index contributed by atoms with van der Waals surface area (Å²) in [6, 6.07) is 15.2. The molecule has 2 aromatic carbocycles. The molecule has 0 unspecified atom stereocenters. The minimum atomic E-state index is 0.587. The number of halogens is 2. The van der Waals surface area contributed by atoms with Gasteiger partial charge < -0.3 is 0 Å². The Morgan fingerprint density at radius 3 is 2.50 bits per heavy atom. The normalized spacial score (nSPS) is 11.4. The van der Waals surface area contributed by atoms with Crippen LogP contribution in [-0.2, 0) is 0 Å². The predicted octanol–water partition coefficient (Wildman–Crippen LogP) is 5.41. The molecular weight excluding hydrogens is 265 g/mol. The maximum absolute atomic E-state index is 6.00. The van der Waals surface area contributed by atoms with E-state index in [1.807, 2.05) is 42.5 Å². The zero-order valence-electron chi connectivity index (χ0n) is 9.55. The van der Waals surface area contributed by atoms with Gasteiger partial charge >= 0.3 is 0 Å². The summed E-state index contributed by atoms with van der Waals surface area (Å²) in [4.78, 5) is 4.25. The molecule has 0 bridgehead atoms. The lowest BCUT2D eigenvalue weighted by molar-refractivity contribution is 1.54. The second-order valence-corrected chi connectivity index (χ2v) is 4.49. The Kier molecular flexibility index (Phi) is 4.57. The maximum Gasteiger partial charge on any atom is 0.0830 e. The van der Waals surface area contributed by atoms with Gasteiger partial charge in [-0.15, -0.1) is 0 Å². The number of hydrogen-bond donors (Lipinski definition) is 0. The van der Waals surface area contributed by atoms with Crippen molar-refractivity contribution in [3.63, 3.8) is 0 Å². The molecule has 2 aromatic rings. The van der Waals surface area contributed by atoms with Gasteiger partial charge in [-0.2, -0.15) is 0 Å². The van der Waals surface area contributed by atoms with E-state index < -0.39 is 0 Å². The summed E-state index contributed by atoms with van der Waals surface area (Å²) in [6.07, 6.45) is 5.54. The molecule has 1 nitrogen and oxygen atoms in total. The Bertz CT molecular complexity index is 574. The van der Waals surface area contributed by atoms with Gasteiger partial charge in [-0.1, -0.05) is 59.6 Å². The molecule has 0 aliphatic rings. The number of hydrogen-bond acceptors (Lipinski definition) is 1. The molecule has 3 heteroatoms. The lowest BCUT2D eigenvalue weighted by atomic mass is 10.2. The van der Waals surface area contributed by atoms with Crippen molar-refractivity contribution in [2.75, 3.05) is 0 Å². The first-order chi connectivity index (χ1) is 8.75. The van der Waals surface area contributed by atoms with Crippen LogP contribution in [0, 0.1) is 0 Å². The first-order valence-corrected chi connectivity index (χ1v) is 6.22. The minimum Gasteiger partial charge on any atom is -0.255 e. The van der Waals surface area contributed by atoms with Crippen molar-refractivity contribution in [1.29, 1.82) is 0 Å². The van der Waals surface area contributed by atoms with E-state index >= 15 is 0 Å². The zero-order valence-corrected chi connectivity index (χ0v) is 11.1. The van der Waals surface area contributed by atoms with Crippen molar-refractivity contribution in [3.05, 3.63) is 70.2 Å². The molecule has 0 N–H and O–H groups in total. The highest BCUT2D eigenvalue weighted by Gasteiger charge is 1.97. The lowest BCUT2D eigenvalue weighted by Crippen LogP contribution is -1.72. The van der Waals surface area contributed by atoms with Gasteiger partial charge in [-0.05, 0) is 29.8 Å². The number of rotatable bonds is 3. The van der Waals surface area contributed by atoms with Gasteiger partial charge in [0.2, 0.25) is 0 Å². The Labute approximate surface area is 116 Å². The van der Waals surface area contributed by atoms with Crippen molar-refractivity contribution < 1.29 is 0 Å². The van der Waals surface area contributed by atoms with Gasteiger partial charge in [-0.25, -0.2) is 0 Å². The third-order valence-corrected chi connectivity index (χ3v) is 2.85. The van der Waals surface area contributed by atoms with Gasteiger partial charge in [0.1, 0.15) is 0 Å². The summed E-state index contributed by atoms with van der Waals surface area (Å²) >= 11 is 11.9. The van der Waals surface area contributed by atoms with Crippen LogP contribution in [-0.4, -0.2) is 6.21 Å². The van der Waals surface area contributed by atoms with Crippen molar-refractivity contribution >= 4 is 41.2 Å². The first-order valence-electron chi connectivity index (χ1n) is 5.46. The highest BCUT2D eigenvalue weighted by atomic mass is 35.5. The van der Waals surface area contributed by atoms with Crippen molar-refractivity contribution in [1.82, 2.24) is 0 Å². The summed E-state index contributed by atoms with van der Waals surface area (Å²) in [7, 11) is 0. The molecule has 0 saturated heterocycles. The lowest BCUT2D eigenvalue weighted by Gasteiger charge is -1.97. The molecule has 0 fully saturated rings. The highest BCUT2D eigenvalue weighted by molar-refractivity contribution is 6.35. The number of aliphatic imine (C=N–C) groups is 1. The van der Waals surface area contributed by atoms with Gasteiger partial charge in [0, 0.05) is 11.2 Å². The van der Waals surface area contributed by atoms with Crippen molar-refractivity contribution in [3.8, 4) is 0 Å². The molecular formula is C15H11Cl2N. The second-order valence-electron chi connectivity index (χ2n) is 3.64. The van der Waals surface area contributed by atoms with E-state index in [0.29, 0.717) is 15.7 Å². The summed E-state index contributed by atoms with van der Waals surface area (Å²) in [5.41, 5.74) is 1.79. The number of nitrogens with zero attached hydrogens (tertiary/aromatic N) is 1. The van der Waals surface area contributed by atoms with Crippen molar-refractivity contribution in [2.24, 2.45) is 4.99 Å². The van der Waals surface area contributed by atoms with E-state index in [-0.39, 0.29) is 0 Å². The molecule has 2 rings (SSSR count). The van der Waals surface area contributed by atoms with Crippen LogP contribution in [0.4, 0.5) is 5.69 Å². The SMILES string of the molecule is Clc1ccc(Cl)c(N=C/C=C\c2ccccc2)c1. The third-order valence-electron chi connectivity index (χ3n) is 2.30. The molecule has 0 radical (unpaired) electrons. The Morgan fingerprint density at radius 1 is 0.944 bits per heavy atom. The van der Waals surface area contributed by atoms with Crippen LogP contribution in [0.1, 0.15) is 5.56 Å². The van der Waals surface area contributed by atoms with Crippen LogP contribution >= 0.6 is 23.2 Å². The van der Waals surface area contributed by atoms with Gasteiger partial charge in [-0.3, -0.25) is 4.99 Å². The Balaban J connectivity index is 2.08. The van der Waals surface area contributed by atoms with Crippen molar-refractivity contribution in [2.45, 2.75) is 0 Å². The summed E-state index contributed by atoms with van der Waals surface area (Å²) in [5, 5.41) is 1.21. The average molecular weight is 276 g/mol. The van der Waals surface area contributed by atoms with Crippen LogP contribution in [0.3, 0.4) is 0 Å². The van der Waals surface area contributed by atoms with E-state index in [0.717, 1.165) is 5.56 Å². The topological polar surface area (TPSA) is 12.4 Å². The molecule has 18 heavy (non-hydrogen) atoms.